The van der Waals surface area contributed by atoms with Crippen molar-refractivity contribution in [2.45, 2.75) is 17.4 Å². The summed E-state index contributed by atoms with van der Waals surface area (Å²) >= 11 is 2.05. The Balaban J connectivity index is 1.79. The molecule has 1 aromatic heterocycles. The number of hydrogen-bond donors (Lipinski definition) is 1. The van der Waals surface area contributed by atoms with Crippen molar-refractivity contribution in [3.63, 3.8) is 0 Å². The van der Waals surface area contributed by atoms with Crippen LogP contribution in [0.2, 0.25) is 0 Å². The van der Waals surface area contributed by atoms with Crippen LogP contribution in [0.1, 0.15) is 12.0 Å². The molecule has 13 heavy (non-hydrogen) atoms. The van der Waals surface area contributed by atoms with Crippen molar-refractivity contribution in [2.75, 3.05) is 13.1 Å². The largest absolute Gasteiger partial charge is 0.316 e. The van der Waals surface area contributed by atoms with E-state index in [9.17, 15) is 0 Å². The zero-order chi connectivity index (χ0) is 8.93. The van der Waals surface area contributed by atoms with Gasteiger partial charge >= 0.3 is 0 Å². The Morgan fingerprint density at radius 1 is 1.46 bits per heavy atom. The number of aromatic nitrogens is 1. The fraction of sp³-hybridized carbons (Fsp3) is 0.500. The fourth-order valence-corrected chi connectivity index (χ4v) is 2.60. The SMILES string of the molecule is c1cc(CSC2CCNC2)ccn1. The van der Waals surface area contributed by atoms with Crippen LogP contribution in [0.4, 0.5) is 0 Å². The molecule has 1 fully saturated rings. The van der Waals surface area contributed by atoms with Crippen LogP contribution in [0, 0.1) is 0 Å². The summed E-state index contributed by atoms with van der Waals surface area (Å²) < 4.78 is 0. The molecule has 1 N–H and O–H groups in total. The second kappa shape index (κ2) is 4.63. The molecule has 0 amide bonds. The van der Waals surface area contributed by atoms with E-state index in [1.807, 2.05) is 24.2 Å². The molecule has 0 aliphatic carbocycles. The molecule has 1 unspecified atom stereocenters. The highest BCUT2D eigenvalue weighted by Gasteiger charge is 2.14. The van der Waals surface area contributed by atoms with Gasteiger partial charge in [0.05, 0.1) is 0 Å². The van der Waals surface area contributed by atoms with Crippen molar-refractivity contribution >= 4 is 11.8 Å². The van der Waals surface area contributed by atoms with Gasteiger partial charge in [-0.3, -0.25) is 4.98 Å². The van der Waals surface area contributed by atoms with Crippen LogP contribution >= 0.6 is 11.8 Å². The molecule has 1 atom stereocenters. The molecule has 0 spiro atoms. The van der Waals surface area contributed by atoms with Crippen molar-refractivity contribution in [1.29, 1.82) is 0 Å². The third-order valence-electron chi connectivity index (χ3n) is 2.25. The molecule has 1 aromatic rings. The molecule has 3 heteroatoms. The summed E-state index contributed by atoms with van der Waals surface area (Å²) in [6.07, 6.45) is 5.04. The summed E-state index contributed by atoms with van der Waals surface area (Å²) in [6.45, 7) is 2.36. The maximum Gasteiger partial charge on any atom is 0.0270 e. The van der Waals surface area contributed by atoms with Gasteiger partial charge in [0.15, 0.2) is 0 Å². The van der Waals surface area contributed by atoms with Crippen LogP contribution in [0.3, 0.4) is 0 Å². The first-order valence-corrected chi connectivity index (χ1v) is 5.71. The smallest absolute Gasteiger partial charge is 0.0270 e. The Bertz CT molecular complexity index is 244. The van der Waals surface area contributed by atoms with Crippen LogP contribution in [0.5, 0.6) is 0 Å². The lowest BCUT2D eigenvalue weighted by Gasteiger charge is -2.06. The molecule has 0 aromatic carbocycles. The Kier molecular flexibility index (Phi) is 3.22. The highest BCUT2D eigenvalue weighted by Crippen LogP contribution is 2.21. The highest BCUT2D eigenvalue weighted by molar-refractivity contribution is 7.99. The first-order chi connectivity index (χ1) is 6.45. The molecular weight excluding hydrogens is 180 g/mol. The molecule has 1 aliphatic heterocycles. The molecule has 1 aliphatic rings. The summed E-state index contributed by atoms with van der Waals surface area (Å²) in [4.78, 5) is 4.00. The fourth-order valence-electron chi connectivity index (χ4n) is 1.46. The second-order valence-electron chi connectivity index (χ2n) is 3.28. The van der Waals surface area contributed by atoms with Gasteiger partial charge in [-0.2, -0.15) is 11.8 Å². The monoisotopic (exact) mass is 194 g/mol. The van der Waals surface area contributed by atoms with Crippen LogP contribution < -0.4 is 5.32 Å². The molecule has 2 rings (SSSR count). The maximum absolute atomic E-state index is 4.00. The van der Waals surface area contributed by atoms with Crippen molar-refractivity contribution in [1.82, 2.24) is 10.3 Å². The van der Waals surface area contributed by atoms with E-state index in [1.54, 1.807) is 0 Å². The van der Waals surface area contributed by atoms with Crippen LogP contribution in [-0.2, 0) is 5.75 Å². The van der Waals surface area contributed by atoms with Gasteiger partial charge in [-0.1, -0.05) is 0 Å². The minimum atomic E-state index is 0.813. The summed E-state index contributed by atoms with van der Waals surface area (Å²) in [5.74, 6) is 1.12. The number of thioether (sulfide) groups is 1. The molecular formula is C10H14N2S. The van der Waals surface area contributed by atoms with Gasteiger partial charge in [-0.15, -0.1) is 0 Å². The van der Waals surface area contributed by atoms with E-state index in [1.165, 1.54) is 25.1 Å². The topological polar surface area (TPSA) is 24.9 Å². The number of nitrogens with zero attached hydrogens (tertiary/aromatic N) is 1. The van der Waals surface area contributed by atoms with Gasteiger partial charge in [0.2, 0.25) is 0 Å². The normalized spacial score (nSPS) is 22.0. The lowest BCUT2D eigenvalue weighted by molar-refractivity contribution is 0.858. The summed E-state index contributed by atoms with van der Waals surface area (Å²) in [6, 6.07) is 4.19. The molecule has 0 saturated carbocycles. The van der Waals surface area contributed by atoms with Gasteiger partial charge in [-0.25, -0.2) is 0 Å². The average molecular weight is 194 g/mol. The predicted octanol–water partition coefficient (Wildman–Crippen LogP) is 1.68. The number of hydrogen-bond acceptors (Lipinski definition) is 3. The van der Waals surface area contributed by atoms with Gasteiger partial charge in [0.1, 0.15) is 0 Å². The first-order valence-electron chi connectivity index (χ1n) is 4.66. The highest BCUT2D eigenvalue weighted by atomic mass is 32.2. The maximum atomic E-state index is 4.00. The van der Waals surface area contributed by atoms with E-state index >= 15 is 0 Å². The summed E-state index contributed by atoms with van der Waals surface area (Å²) in [5, 5.41) is 4.19. The zero-order valence-electron chi connectivity index (χ0n) is 7.57. The van der Waals surface area contributed by atoms with E-state index < -0.39 is 0 Å². The van der Waals surface area contributed by atoms with Gasteiger partial charge in [0, 0.05) is 29.9 Å². The number of rotatable bonds is 3. The second-order valence-corrected chi connectivity index (χ2v) is 4.57. The Hall–Kier alpha value is -0.540. The summed E-state index contributed by atoms with van der Waals surface area (Å²) in [7, 11) is 0. The zero-order valence-corrected chi connectivity index (χ0v) is 8.39. The molecule has 2 heterocycles. The Morgan fingerprint density at radius 2 is 2.31 bits per heavy atom. The minimum absolute atomic E-state index is 0.813. The molecule has 70 valence electrons. The average Bonchev–Trinajstić information content (AvgIpc) is 2.69. The molecule has 0 bridgehead atoms. The number of pyridine rings is 1. The van der Waals surface area contributed by atoms with Crippen LogP contribution in [0.15, 0.2) is 24.5 Å². The Morgan fingerprint density at radius 3 is 3.00 bits per heavy atom. The van der Waals surface area contributed by atoms with E-state index in [2.05, 4.69) is 22.4 Å². The van der Waals surface area contributed by atoms with Crippen LogP contribution in [-0.4, -0.2) is 23.3 Å². The Labute approximate surface area is 83.1 Å². The van der Waals surface area contributed by atoms with Crippen LogP contribution in [0.25, 0.3) is 0 Å². The lowest BCUT2D eigenvalue weighted by atomic mass is 10.3. The van der Waals surface area contributed by atoms with Crippen molar-refractivity contribution in [3.05, 3.63) is 30.1 Å². The molecule has 2 nitrogen and oxygen atoms in total. The number of nitrogens with one attached hydrogen (secondary N) is 1. The van der Waals surface area contributed by atoms with Crippen molar-refractivity contribution < 1.29 is 0 Å². The van der Waals surface area contributed by atoms with Gasteiger partial charge in [0.25, 0.3) is 0 Å². The van der Waals surface area contributed by atoms with Gasteiger partial charge in [-0.05, 0) is 30.7 Å². The van der Waals surface area contributed by atoms with E-state index in [-0.39, 0.29) is 0 Å². The standard InChI is InChI=1S/C10H14N2S/c1-4-11-5-2-9(1)8-13-10-3-6-12-7-10/h1-2,4-5,10,12H,3,6-8H2. The van der Waals surface area contributed by atoms with Crippen molar-refractivity contribution in [3.8, 4) is 0 Å². The third kappa shape index (κ3) is 2.71. The first kappa shape index (κ1) is 9.03. The van der Waals surface area contributed by atoms with E-state index in [0.29, 0.717) is 0 Å². The quantitative estimate of drug-likeness (QED) is 0.792. The predicted molar refractivity (Wildman–Crippen MR) is 56.8 cm³/mol. The van der Waals surface area contributed by atoms with E-state index in [0.717, 1.165) is 11.0 Å². The minimum Gasteiger partial charge on any atom is -0.316 e. The molecule has 1 saturated heterocycles. The molecule has 0 radical (unpaired) electrons. The lowest BCUT2D eigenvalue weighted by Crippen LogP contribution is -2.10. The van der Waals surface area contributed by atoms with Crippen molar-refractivity contribution in [2.24, 2.45) is 0 Å². The summed E-state index contributed by atoms with van der Waals surface area (Å²) in [5.41, 5.74) is 1.38. The third-order valence-corrected chi connectivity index (χ3v) is 3.62. The van der Waals surface area contributed by atoms with Gasteiger partial charge < -0.3 is 5.32 Å². The van der Waals surface area contributed by atoms with E-state index in [4.69, 9.17) is 0 Å².